The predicted octanol–water partition coefficient (Wildman–Crippen LogP) is 7.81. The number of rotatable bonds is 12. The lowest BCUT2D eigenvalue weighted by Gasteiger charge is -2.19. The molecule has 0 N–H and O–H groups in total. The normalized spacial score (nSPS) is 11.4. The molecule has 0 saturated heterocycles. The van der Waals surface area contributed by atoms with Gasteiger partial charge >= 0.3 is 6.11 Å². The van der Waals surface area contributed by atoms with Gasteiger partial charge in [-0.05, 0) is 67.3 Å². The van der Waals surface area contributed by atoms with Crippen LogP contribution in [0.15, 0.2) is 60.7 Å². The van der Waals surface area contributed by atoms with E-state index in [1.807, 2.05) is 12.1 Å². The fraction of sp³-hybridized carbons (Fsp3) is 0.333. The summed E-state index contributed by atoms with van der Waals surface area (Å²) in [5.74, 6) is -2.16. The maximum absolute atomic E-state index is 14.4. The van der Waals surface area contributed by atoms with Crippen LogP contribution in [0.1, 0.15) is 38.7 Å². The van der Waals surface area contributed by atoms with Crippen molar-refractivity contribution in [3.63, 3.8) is 0 Å². The van der Waals surface area contributed by atoms with Crippen LogP contribution in [-0.2, 0) is 6.42 Å². The van der Waals surface area contributed by atoms with Crippen molar-refractivity contribution in [2.24, 2.45) is 0 Å². The molecule has 0 aliphatic carbocycles. The molecule has 0 heterocycles. The molecule has 0 aromatic heterocycles. The summed E-state index contributed by atoms with van der Waals surface area (Å²) in [5, 5.41) is 0. The number of aryl methyl sites for hydroxylation is 1. The van der Waals surface area contributed by atoms with Gasteiger partial charge in [0.15, 0.2) is 18.2 Å². The van der Waals surface area contributed by atoms with Gasteiger partial charge in [-0.2, -0.15) is 13.2 Å². The minimum atomic E-state index is -3.59. The Hall–Kier alpha value is -3.22. The summed E-state index contributed by atoms with van der Waals surface area (Å²) in [4.78, 5) is 0. The topological polar surface area (TPSA) is 27.7 Å². The van der Waals surface area contributed by atoms with Crippen LogP contribution in [-0.4, -0.2) is 19.3 Å². The maximum atomic E-state index is 14.4. The molecule has 0 unspecified atom stereocenters. The van der Waals surface area contributed by atoms with Crippen molar-refractivity contribution in [3.8, 4) is 28.4 Å². The quantitative estimate of drug-likeness (QED) is 0.197. The molecule has 0 fully saturated rings. The fourth-order valence-electron chi connectivity index (χ4n) is 3.42. The molecule has 0 aliphatic heterocycles. The molecule has 0 amide bonds. The van der Waals surface area contributed by atoms with Crippen molar-refractivity contribution in [1.82, 2.24) is 0 Å². The van der Waals surface area contributed by atoms with Crippen molar-refractivity contribution in [2.75, 3.05) is 13.2 Å². The molecule has 3 aromatic rings. The first-order chi connectivity index (χ1) is 16.3. The van der Waals surface area contributed by atoms with Gasteiger partial charge in [0.1, 0.15) is 11.5 Å². The number of unbranched alkanes of at least 4 members (excludes halogenated alkanes) is 2. The first-order valence-electron chi connectivity index (χ1n) is 11.3. The van der Waals surface area contributed by atoms with Crippen LogP contribution in [0.5, 0.6) is 17.2 Å². The lowest BCUT2D eigenvalue weighted by Crippen LogP contribution is -2.32. The summed E-state index contributed by atoms with van der Waals surface area (Å²) < 4.78 is 72.0. The number of ether oxygens (including phenoxy) is 3. The predicted molar refractivity (Wildman–Crippen MR) is 124 cm³/mol. The molecule has 3 nitrogen and oxygen atoms in total. The van der Waals surface area contributed by atoms with E-state index in [0.717, 1.165) is 31.2 Å². The summed E-state index contributed by atoms with van der Waals surface area (Å²) in [5.41, 5.74) is 1.43. The van der Waals surface area contributed by atoms with Crippen LogP contribution in [0.3, 0.4) is 0 Å². The summed E-state index contributed by atoms with van der Waals surface area (Å²) in [6.45, 7) is 3.03. The van der Waals surface area contributed by atoms with E-state index < -0.39 is 24.3 Å². The van der Waals surface area contributed by atoms with Gasteiger partial charge in [-0.1, -0.05) is 44.0 Å². The molecular formula is C27H28F4O3. The Balaban J connectivity index is 1.58. The van der Waals surface area contributed by atoms with E-state index in [0.29, 0.717) is 11.3 Å². The van der Waals surface area contributed by atoms with Gasteiger partial charge in [0.05, 0.1) is 6.61 Å². The Morgan fingerprint density at radius 2 is 1.41 bits per heavy atom. The third-order valence-corrected chi connectivity index (χ3v) is 5.18. The number of alkyl halides is 2. The van der Waals surface area contributed by atoms with Crippen LogP contribution in [0.4, 0.5) is 17.6 Å². The van der Waals surface area contributed by atoms with Gasteiger partial charge in [0.2, 0.25) is 5.82 Å². The molecular weight excluding hydrogens is 448 g/mol. The number of benzene rings is 3. The molecule has 0 radical (unpaired) electrons. The fourth-order valence-corrected chi connectivity index (χ4v) is 3.42. The zero-order valence-corrected chi connectivity index (χ0v) is 19.3. The number of halogens is 4. The molecule has 7 heteroatoms. The third kappa shape index (κ3) is 6.89. The Morgan fingerprint density at radius 3 is 2.06 bits per heavy atom. The molecule has 0 aliphatic rings. The van der Waals surface area contributed by atoms with Crippen LogP contribution >= 0.6 is 0 Å². The lowest BCUT2D eigenvalue weighted by atomic mass is 10.0. The van der Waals surface area contributed by atoms with Crippen molar-refractivity contribution in [3.05, 3.63) is 77.9 Å². The first-order valence-corrected chi connectivity index (χ1v) is 11.3. The smallest absolute Gasteiger partial charge is 0.432 e. The standard InChI is InChI=1S/C27H28F4O3/c1-3-5-6-7-19-8-12-21(13-9-19)33-18-27(30,31)34-22-14-10-20(11-15-22)23-16-17-24(32-4-2)26(29)25(23)28/h8-17H,3-7,18H2,1-2H3. The molecule has 182 valence electrons. The van der Waals surface area contributed by atoms with E-state index in [1.54, 1.807) is 19.1 Å². The molecule has 34 heavy (non-hydrogen) atoms. The average Bonchev–Trinajstić information content (AvgIpc) is 2.82. The highest BCUT2D eigenvalue weighted by atomic mass is 19.3. The average molecular weight is 477 g/mol. The Morgan fingerprint density at radius 1 is 0.735 bits per heavy atom. The highest BCUT2D eigenvalue weighted by molar-refractivity contribution is 5.66. The van der Waals surface area contributed by atoms with Crippen molar-refractivity contribution >= 4 is 0 Å². The number of hydrogen-bond acceptors (Lipinski definition) is 3. The minimum Gasteiger partial charge on any atom is -0.491 e. The van der Waals surface area contributed by atoms with Gasteiger partial charge < -0.3 is 14.2 Å². The maximum Gasteiger partial charge on any atom is 0.432 e. The summed E-state index contributed by atoms with van der Waals surface area (Å²) in [6.07, 6.45) is 0.723. The molecule has 0 spiro atoms. The van der Waals surface area contributed by atoms with Gasteiger partial charge in [-0.15, -0.1) is 0 Å². The second-order valence-electron chi connectivity index (χ2n) is 7.83. The Kier molecular flexibility index (Phi) is 8.79. The van der Waals surface area contributed by atoms with E-state index in [2.05, 4.69) is 6.92 Å². The second kappa shape index (κ2) is 11.8. The number of hydrogen-bond donors (Lipinski definition) is 0. The van der Waals surface area contributed by atoms with E-state index in [-0.39, 0.29) is 23.7 Å². The van der Waals surface area contributed by atoms with E-state index in [9.17, 15) is 17.6 Å². The largest absolute Gasteiger partial charge is 0.491 e. The molecule has 3 rings (SSSR count). The monoisotopic (exact) mass is 476 g/mol. The lowest BCUT2D eigenvalue weighted by molar-refractivity contribution is -0.195. The van der Waals surface area contributed by atoms with Crippen LogP contribution in [0, 0.1) is 11.6 Å². The summed E-state index contributed by atoms with van der Waals surface area (Å²) >= 11 is 0. The molecule has 3 aromatic carbocycles. The third-order valence-electron chi connectivity index (χ3n) is 5.18. The second-order valence-corrected chi connectivity index (χ2v) is 7.83. The van der Waals surface area contributed by atoms with Crippen LogP contribution in [0.2, 0.25) is 0 Å². The minimum absolute atomic E-state index is 0.0132. The summed E-state index contributed by atoms with van der Waals surface area (Å²) in [7, 11) is 0. The SMILES string of the molecule is CCCCCc1ccc(OCC(F)(F)Oc2ccc(-c3ccc(OCC)c(F)c3F)cc2)cc1. The van der Waals surface area contributed by atoms with Crippen LogP contribution < -0.4 is 14.2 Å². The van der Waals surface area contributed by atoms with E-state index in [4.69, 9.17) is 14.2 Å². The van der Waals surface area contributed by atoms with Crippen molar-refractivity contribution < 1.29 is 31.8 Å². The van der Waals surface area contributed by atoms with Gasteiger partial charge in [0.25, 0.3) is 0 Å². The zero-order valence-electron chi connectivity index (χ0n) is 19.3. The highest BCUT2D eigenvalue weighted by Gasteiger charge is 2.33. The van der Waals surface area contributed by atoms with Crippen molar-refractivity contribution in [1.29, 1.82) is 0 Å². The summed E-state index contributed by atoms with van der Waals surface area (Å²) in [6, 6.07) is 15.0. The van der Waals surface area contributed by atoms with Gasteiger partial charge in [-0.3, -0.25) is 0 Å². The molecule has 0 atom stereocenters. The first kappa shape index (κ1) is 25.4. The Bertz CT molecular complexity index is 1050. The van der Waals surface area contributed by atoms with E-state index in [1.165, 1.54) is 36.4 Å². The van der Waals surface area contributed by atoms with E-state index >= 15 is 0 Å². The van der Waals surface area contributed by atoms with Gasteiger partial charge in [0, 0.05) is 5.56 Å². The highest BCUT2D eigenvalue weighted by Crippen LogP contribution is 2.32. The van der Waals surface area contributed by atoms with Crippen molar-refractivity contribution in [2.45, 2.75) is 45.6 Å². The Labute approximate surface area is 197 Å². The molecule has 0 saturated carbocycles. The van der Waals surface area contributed by atoms with Crippen LogP contribution in [0.25, 0.3) is 11.1 Å². The molecule has 0 bridgehead atoms. The van der Waals surface area contributed by atoms with Gasteiger partial charge in [-0.25, -0.2) is 4.39 Å². The zero-order chi connectivity index (χ0) is 24.6.